The minimum atomic E-state index is -1.31. The van der Waals surface area contributed by atoms with Gasteiger partial charge in [0, 0.05) is 0 Å². The van der Waals surface area contributed by atoms with Crippen molar-refractivity contribution in [2.45, 2.75) is 0 Å². The largest absolute Gasteiger partial charge is 0.480 e. The number of para-hydroxylation sites is 2. The lowest BCUT2D eigenvalue weighted by Crippen LogP contribution is -2.39. The molecule has 1 heterocycles. The zero-order chi connectivity index (χ0) is 15.4. The van der Waals surface area contributed by atoms with Crippen LogP contribution in [0.1, 0.15) is 10.5 Å². The number of rotatable bonds is 5. The molecular formula is C13H11N3O5. The highest BCUT2D eigenvalue weighted by molar-refractivity contribution is 5.96. The lowest BCUT2D eigenvalue weighted by molar-refractivity contribution is -0.140. The van der Waals surface area contributed by atoms with E-state index in [2.05, 4.69) is 9.97 Å². The Bertz CT molecular complexity index is 700. The van der Waals surface area contributed by atoms with Crippen LogP contribution in [-0.4, -0.2) is 56.0 Å². The number of nitrogens with zero attached hydrogens (tertiary/aromatic N) is 3. The zero-order valence-corrected chi connectivity index (χ0v) is 10.8. The summed E-state index contributed by atoms with van der Waals surface area (Å²) in [6.45, 7) is -1.45. The molecule has 8 heteroatoms. The van der Waals surface area contributed by atoms with Gasteiger partial charge in [-0.15, -0.1) is 0 Å². The third-order valence-electron chi connectivity index (χ3n) is 2.61. The molecule has 1 aromatic carbocycles. The normalized spacial score (nSPS) is 10.3. The predicted molar refractivity (Wildman–Crippen MR) is 70.7 cm³/mol. The van der Waals surface area contributed by atoms with Crippen molar-refractivity contribution in [3.8, 4) is 0 Å². The van der Waals surface area contributed by atoms with Crippen molar-refractivity contribution >= 4 is 28.9 Å². The van der Waals surface area contributed by atoms with E-state index in [9.17, 15) is 14.4 Å². The lowest BCUT2D eigenvalue weighted by Gasteiger charge is -2.17. The van der Waals surface area contributed by atoms with Crippen molar-refractivity contribution in [1.29, 1.82) is 0 Å². The van der Waals surface area contributed by atoms with E-state index >= 15 is 0 Å². The van der Waals surface area contributed by atoms with E-state index in [-0.39, 0.29) is 5.69 Å². The van der Waals surface area contributed by atoms with Gasteiger partial charge in [-0.1, -0.05) is 12.1 Å². The molecule has 1 aromatic heterocycles. The highest BCUT2D eigenvalue weighted by Gasteiger charge is 2.22. The van der Waals surface area contributed by atoms with E-state index in [1.165, 1.54) is 6.20 Å². The van der Waals surface area contributed by atoms with Gasteiger partial charge < -0.3 is 15.1 Å². The molecule has 8 nitrogen and oxygen atoms in total. The molecule has 0 saturated heterocycles. The Morgan fingerprint density at radius 1 is 1.00 bits per heavy atom. The number of amides is 1. The van der Waals surface area contributed by atoms with Crippen LogP contribution in [0.2, 0.25) is 0 Å². The summed E-state index contributed by atoms with van der Waals surface area (Å²) < 4.78 is 0. The second-order valence-corrected chi connectivity index (χ2v) is 4.19. The first kappa shape index (κ1) is 14.4. The molecule has 0 unspecified atom stereocenters. The number of hydrogen-bond acceptors (Lipinski definition) is 5. The Labute approximate surface area is 118 Å². The summed E-state index contributed by atoms with van der Waals surface area (Å²) in [4.78, 5) is 42.4. The van der Waals surface area contributed by atoms with Gasteiger partial charge in [-0.3, -0.25) is 19.4 Å². The van der Waals surface area contributed by atoms with Crippen LogP contribution in [0.25, 0.3) is 11.0 Å². The van der Waals surface area contributed by atoms with Crippen LogP contribution in [0, 0.1) is 0 Å². The first-order chi connectivity index (χ1) is 9.97. The van der Waals surface area contributed by atoms with Crippen molar-refractivity contribution in [1.82, 2.24) is 14.9 Å². The number of fused-ring (bicyclic) bond motifs is 1. The number of carbonyl (C=O) groups is 3. The van der Waals surface area contributed by atoms with Gasteiger partial charge in [0.25, 0.3) is 5.91 Å². The smallest absolute Gasteiger partial charge is 0.323 e. The molecule has 0 fully saturated rings. The van der Waals surface area contributed by atoms with E-state index < -0.39 is 30.9 Å². The summed E-state index contributed by atoms with van der Waals surface area (Å²) in [6, 6.07) is 6.85. The fourth-order valence-corrected chi connectivity index (χ4v) is 1.75. The summed E-state index contributed by atoms with van der Waals surface area (Å²) in [5.41, 5.74) is 0.946. The number of aromatic nitrogens is 2. The fraction of sp³-hybridized carbons (Fsp3) is 0.154. The summed E-state index contributed by atoms with van der Waals surface area (Å²) in [5, 5.41) is 17.5. The highest BCUT2D eigenvalue weighted by Crippen LogP contribution is 2.10. The number of carboxylic acid groups (broad SMARTS) is 2. The molecule has 2 N–H and O–H groups in total. The van der Waals surface area contributed by atoms with Crippen LogP contribution in [0.15, 0.2) is 30.5 Å². The van der Waals surface area contributed by atoms with Crippen molar-refractivity contribution < 1.29 is 24.6 Å². The van der Waals surface area contributed by atoms with Crippen LogP contribution in [-0.2, 0) is 9.59 Å². The minimum Gasteiger partial charge on any atom is -0.480 e. The minimum absolute atomic E-state index is 0.101. The molecule has 0 aliphatic heterocycles. The maximum Gasteiger partial charge on any atom is 0.323 e. The van der Waals surface area contributed by atoms with Crippen molar-refractivity contribution in [2.24, 2.45) is 0 Å². The van der Waals surface area contributed by atoms with Gasteiger partial charge in [0.05, 0.1) is 17.2 Å². The molecule has 1 amide bonds. The molecule has 0 radical (unpaired) electrons. The standard InChI is InChI=1S/C13H11N3O5/c17-11(18)6-16(7-12(19)20)13(21)10-5-14-8-3-1-2-4-9(8)15-10/h1-5H,6-7H2,(H,17,18)(H,19,20). The molecule has 2 rings (SSSR count). The molecule has 21 heavy (non-hydrogen) atoms. The van der Waals surface area contributed by atoms with Gasteiger partial charge in [0.2, 0.25) is 0 Å². The third-order valence-corrected chi connectivity index (χ3v) is 2.61. The second kappa shape index (κ2) is 5.95. The van der Waals surface area contributed by atoms with Gasteiger partial charge in [-0.05, 0) is 12.1 Å². The van der Waals surface area contributed by atoms with Crippen LogP contribution >= 0.6 is 0 Å². The van der Waals surface area contributed by atoms with Gasteiger partial charge in [-0.2, -0.15) is 0 Å². The van der Waals surface area contributed by atoms with Crippen LogP contribution in [0.3, 0.4) is 0 Å². The van der Waals surface area contributed by atoms with Crippen molar-refractivity contribution in [3.63, 3.8) is 0 Å². The Morgan fingerprint density at radius 2 is 1.57 bits per heavy atom. The second-order valence-electron chi connectivity index (χ2n) is 4.19. The summed E-state index contributed by atoms with van der Waals surface area (Å²) in [5.74, 6) is -3.41. The van der Waals surface area contributed by atoms with E-state index in [1.807, 2.05) is 0 Å². The molecular weight excluding hydrogens is 278 g/mol. The molecule has 0 atom stereocenters. The maximum absolute atomic E-state index is 12.2. The van der Waals surface area contributed by atoms with Crippen LogP contribution in [0.4, 0.5) is 0 Å². The first-order valence-corrected chi connectivity index (χ1v) is 5.92. The van der Waals surface area contributed by atoms with Crippen molar-refractivity contribution in [3.05, 3.63) is 36.2 Å². The topological polar surface area (TPSA) is 121 Å². The van der Waals surface area contributed by atoms with E-state index in [0.717, 1.165) is 0 Å². The Morgan fingerprint density at radius 3 is 2.14 bits per heavy atom. The van der Waals surface area contributed by atoms with Gasteiger partial charge >= 0.3 is 11.9 Å². The zero-order valence-electron chi connectivity index (χ0n) is 10.8. The summed E-state index contributed by atoms with van der Waals surface area (Å²) in [7, 11) is 0. The average Bonchev–Trinajstić information content (AvgIpc) is 2.44. The Hall–Kier alpha value is -3.03. The summed E-state index contributed by atoms with van der Waals surface area (Å²) >= 11 is 0. The van der Waals surface area contributed by atoms with Gasteiger partial charge in [0.15, 0.2) is 0 Å². The van der Waals surface area contributed by atoms with Crippen LogP contribution in [0.5, 0.6) is 0 Å². The van der Waals surface area contributed by atoms with Crippen molar-refractivity contribution in [2.75, 3.05) is 13.1 Å². The van der Waals surface area contributed by atoms with E-state index in [0.29, 0.717) is 15.9 Å². The number of aliphatic carboxylic acids is 2. The molecule has 108 valence electrons. The molecule has 0 aliphatic rings. The molecule has 0 spiro atoms. The molecule has 0 bridgehead atoms. The van der Waals surface area contributed by atoms with Gasteiger partial charge in [-0.25, -0.2) is 4.98 Å². The Kier molecular flexibility index (Phi) is 4.07. The summed E-state index contributed by atoms with van der Waals surface area (Å²) in [6.07, 6.45) is 1.20. The number of hydrogen-bond donors (Lipinski definition) is 2. The maximum atomic E-state index is 12.2. The highest BCUT2D eigenvalue weighted by atomic mass is 16.4. The predicted octanol–water partition coefficient (Wildman–Crippen LogP) is 0.241. The average molecular weight is 289 g/mol. The van der Waals surface area contributed by atoms with E-state index in [1.54, 1.807) is 24.3 Å². The van der Waals surface area contributed by atoms with Crippen LogP contribution < -0.4 is 0 Å². The van der Waals surface area contributed by atoms with Gasteiger partial charge in [0.1, 0.15) is 18.8 Å². The number of carbonyl (C=O) groups excluding carboxylic acids is 1. The third kappa shape index (κ3) is 3.50. The monoisotopic (exact) mass is 289 g/mol. The lowest BCUT2D eigenvalue weighted by atomic mass is 10.3. The molecule has 0 aliphatic carbocycles. The molecule has 0 saturated carbocycles. The molecule has 2 aromatic rings. The first-order valence-electron chi connectivity index (χ1n) is 5.92. The van der Waals surface area contributed by atoms with E-state index in [4.69, 9.17) is 10.2 Å². The number of benzene rings is 1. The Balaban J connectivity index is 2.32. The fourth-order valence-electron chi connectivity index (χ4n) is 1.75. The SMILES string of the molecule is O=C(O)CN(CC(=O)O)C(=O)c1cnc2ccccc2n1. The quantitative estimate of drug-likeness (QED) is 0.808. The number of carboxylic acids is 2.